The zero-order valence-electron chi connectivity index (χ0n) is 51.6. The van der Waals surface area contributed by atoms with Crippen LogP contribution in [0.1, 0.15) is 126 Å². The first-order chi connectivity index (χ1) is 42.4. The number of amides is 6. The summed E-state index contributed by atoms with van der Waals surface area (Å²) in [6.45, 7) is 19.6. The van der Waals surface area contributed by atoms with Crippen LogP contribution in [0.5, 0.6) is 0 Å². The predicted molar refractivity (Wildman–Crippen MR) is 328 cm³/mol. The molecule has 0 aromatic carbocycles. The summed E-state index contributed by atoms with van der Waals surface area (Å²) >= 11 is 0. The Morgan fingerprint density at radius 3 is 1.64 bits per heavy atom. The van der Waals surface area contributed by atoms with E-state index in [2.05, 4.69) is 127 Å². The average molecular weight is 1280 g/mol. The zero-order chi connectivity index (χ0) is 69.4. The normalized spacial score (nSPS) is 12.8. The third-order valence-corrected chi connectivity index (χ3v) is 8.41. The summed E-state index contributed by atoms with van der Waals surface area (Å²) in [5.41, 5.74) is 48.4. The molecule has 0 fully saturated rings. The molecule has 6 aromatic rings. The molecular formula is C46H74N34O11. The van der Waals surface area contributed by atoms with E-state index in [0.717, 1.165) is 21.9 Å². The largest absolute Gasteiger partial charge is 0.497 e. The molecule has 2 atom stereocenters. The van der Waals surface area contributed by atoms with E-state index < -0.39 is 59.3 Å². The molecule has 0 aliphatic carbocycles. The number of aryl methyl sites for hydroxylation is 1. The number of hydrogen-bond acceptors (Lipinski definition) is 27. The quantitative estimate of drug-likeness (QED) is 0.0433. The number of fused-ring (bicyclic) bond motifs is 2. The van der Waals surface area contributed by atoms with Gasteiger partial charge in [0, 0.05) is 28.1 Å². The van der Waals surface area contributed by atoms with E-state index >= 15 is 0 Å². The Balaban J connectivity index is -0.000000970. The van der Waals surface area contributed by atoms with E-state index in [-0.39, 0.29) is 80.3 Å². The molecule has 0 spiro atoms. The van der Waals surface area contributed by atoms with E-state index in [9.17, 15) is 38.4 Å². The maximum atomic E-state index is 11.5. The molecular weight excluding hydrogens is 1200 g/mol. The molecule has 45 nitrogen and oxygen atoms in total. The second-order valence-electron chi connectivity index (χ2n) is 16.4. The Hall–Kier alpha value is -12.5. The van der Waals surface area contributed by atoms with Crippen LogP contribution in [0.25, 0.3) is 11.2 Å². The zero-order valence-corrected chi connectivity index (χ0v) is 51.6. The summed E-state index contributed by atoms with van der Waals surface area (Å²) in [6, 6.07) is -0.544. The lowest BCUT2D eigenvalue weighted by Gasteiger charge is -2.10. The summed E-state index contributed by atoms with van der Waals surface area (Å²) in [4.78, 5) is 139. The van der Waals surface area contributed by atoms with Crippen molar-refractivity contribution in [3.63, 3.8) is 0 Å². The highest BCUT2D eigenvalue weighted by Crippen LogP contribution is 2.23. The van der Waals surface area contributed by atoms with Gasteiger partial charge in [0.25, 0.3) is 47.3 Å². The minimum atomic E-state index is -0.833. The van der Waals surface area contributed by atoms with Crippen LogP contribution in [0.3, 0.4) is 0 Å². The summed E-state index contributed by atoms with van der Waals surface area (Å²) < 4.78 is 3.31. The lowest BCUT2D eigenvalue weighted by Crippen LogP contribution is -2.36. The van der Waals surface area contributed by atoms with Gasteiger partial charge in [-0.15, -0.1) is 20.4 Å². The predicted octanol–water partition coefficient (Wildman–Crippen LogP) is -1.25. The van der Waals surface area contributed by atoms with Crippen LogP contribution >= 0.6 is 0 Å². The van der Waals surface area contributed by atoms with Crippen molar-refractivity contribution in [3.8, 4) is 0 Å². The van der Waals surface area contributed by atoms with Gasteiger partial charge in [-0.05, 0) is 24.8 Å². The molecule has 6 amide bonds. The van der Waals surface area contributed by atoms with Crippen molar-refractivity contribution in [2.45, 2.75) is 81.4 Å². The third-order valence-electron chi connectivity index (χ3n) is 8.41. The number of anilines is 1. The van der Waals surface area contributed by atoms with Gasteiger partial charge in [-0.3, -0.25) is 43.4 Å². The van der Waals surface area contributed by atoms with Crippen LogP contribution in [0.15, 0.2) is 87.2 Å². The molecule has 3 aliphatic rings. The molecule has 3 aliphatic heterocycles. The van der Waals surface area contributed by atoms with Crippen LogP contribution < -0.4 is 51.6 Å². The molecule has 0 saturated heterocycles. The molecule has 2 unspecified atom stereocenters. The molecule has 494 valence electrons. The number of rotatable bonds is 10. The second kappa shape index (κ2) is 44.0. The number of imidazole rings is 5. The van der Waals surface area contributed by atoms with Crippen LogP contribution in [-0.4, -0.2) is 195 Å². The first-order valence-corrected chi connectivity index (χ1v) is 25.6. The van der Waals surface area contributed by atoms with Gasteiger partial charge >= 0.3 is 11.5 Å². The van der Waals surface area contributed by atoms with E-state index in [4.69, 9.17) is 61.3 Å². The van der Waals surface area contributed by atoms with Crippen molar-refractivity contribution in [1.29, 1.82) is 0 Å². The van der Waals surface area contributed by atoms with Gasteiger partial charge in [-0.2, -0.15) is 14.9 Å². The average Bonchev–Trinajstić information content (AvgIpc) is 1.71. The SMILES string of the molecule is CC.CC.CC(=O)O.CC(C)C.CC1N=Nc2c(C(N)=O)ncn2C1=O.CCN=Nc1nc[nH]c1C(N)=O.CN(C)N=Nc1nc[nH]c1C(N)=O.Cn1nnc2c(C(N)=O)ncn2c1=O.NC(=O)C1=NC=NC1N.NC(=O)c1[nH]cnc1N.O.[N-]=[N+]=C1C=NC=N1. The Bertz CT molecular complexity index is 3640. The molecule has 0 bridgehead atoms. The highest BCUT2D eigenvalue weighted by Gasteiger charge is 2.27. The number of aromatic nitrogens is 13. The van der Waals surface area contributed by atoms with Gasteiger partial charge < -0.3 is 81.7 Å². The number of carbonyl (C=O) groups is 8. The Morgan fingerprint density at radius 2 is 1.26 bits per heavy atom. The number of nitrogen functional groups attached to an aromatic ring is 1. The van der Waals surface area contributed by atoms with Gasteiger partial charge in [0.15, 0.2) is 40.1 Å². The summed E-state index contributed by atoms with van der Waals surface area (Å²) in [6.07, 6.45) is 9.67. The van der Waals surface area contributed by atoms with E-state index in [1.165, 1.54) is 67.2 Å². The van der Waals surface area contributed by atoms with Crippen LogP contribution in [0.2, 0.25) is 0 Å². The molecule has 9 rings (SSSR count). The van der Waals surface area contributed by atoms with Crippen molar-refractivity contribution < 1.29 is 53.7 Å². The maximum absolute atomic E-state index is 11.5. The molecule has 0 radical (unpaired) electrons. The number of carboxylic acids is 1. The molecule has 22 N–H and O–H groups in total. The van der Waals surface area contributed by atoms with Gasteiger partial charge in [0.05, 0.1) is 25.5 Å². The van der Waals surface area contributed by atoms with E-state index in [1.807, 2.05) is 34.6 Å². The second-order valence-corrected chi connectivity index (χ2v) is 16.4. The topological polar surface area (TPSA) is 729 Å². The molecule has 0 saturated carbocycles. The highest BCUT2D eigenvalue weighted by molar-refractivity contribution is 6.42. The number of aliphatic imine (C=N–C) groups is 4. The Kier molecular flexibility index (Phi) is 40.0. The number of aromatic amines is 3. The van der Waals surface area contributed by atoms with Gasteiger partial charge in [-0.25, -0.2) is 53.7 Å². The molecule has 6 aromatic heterocycles. The number of primary amides is 6. The van der Waals surface area contributed by atoms with Crippen molar-refractivity contribution in [1.82, 2.24) is 68.8 Å². The first kappa shape index (κ1) is 82.7. The van der Waals surface area contributed by atoms with E-state index in [1.54, 1.807) is 21.0 Å². The van der Waals surface area contributed by atoms with Crippen molar-refractivity contribution in [2.75, 3.05) is 26.4 Å². The fourth-order valence-electron chi connectivity index (χ4n) is 4.88. The number of amidine groups is 1. The third kappa shape index (κ3) is 29.9. The smallest absolute Gasteiger partial charge is 0.420 e. The first-order valence-electron chi connectivity index (χ1n) is 25.6. The number of nitrogens with two attached hydrogens (primary N) is 8. The van der Waals surface area contributed by atoms with Crippen LogP contribution in [0.4, 0.5) is 23.3 Å². The Labute approximate surface area is 515 Å². The minimum Gasteiger partial charge on any atom is -0.497 e. The summed E-state index contributed by atoms with van der Waals surface area (Å²) in [5.74, 6) is -3.19. The fraction of sp³-hybridized carbons (Fsp3) is 0.370. The summed E-state index contributed by atoms with van der Waals surface area (Å²) in [7, 11) is 4.86. The fourth-order valence-corrected chi connectivity index (χ4v) is 4.88. The molecule has 91 heavy (non-hydrogen) atoms. The van der Waals surface area contributed by atoms with Crippen molar-refractivity contribution in [2.24, 2.45) is 104 Å². The van der Waals surface area contributed by atoms with Gasteiger partial charge in [0.1, 0.15) is 48.8 Å². The van der Waals surface area contributed by atoms with Crippen LogP contribution in [-0.2, 0) is 16.6 Å². The lowest BCUT2D eigenvalue weighted by atomic mass is 10.3. The molecule has 9 heterocycles. The van der Waals surface area contributed by atoms with Gasteiger partial charge in [0.2, 0.25) is 18.0 Å². The minimum absolute atomic E-state index is 0. The number of aliphatic carboxylic acids is 1. The van der Waals surface area contributed by atoms with E-state index in [0.29, 0.717) is 6.54 Å². The highest BCUT2D eigenvalue weighted by atomic mass is 16.4. The number of hydrogen-bond donors (Lipinski definition) is 12. The summed E-state index contributed by atoms with van der Waals surface area (Å²) in [5, 5.41) is 38.2. The van der Waals surface area contributed by atoms with Crippen molar-refractivity contribution >= 4 is 107 Å². The lowest BCUT2D eigenvalue weighted by molar-refractivity contribution is -0.134. The number of nitrogens with zero attached hydrogens (tertiary/aromatic N) is 23. The maximum Gasteiger partial charge on any atom is 0.420 e. The molecule has 45 heteroatoms. The standard InChI is InChI=1S/C7H7N5O2.C6H6N6O2.C6H10N6O.C6H9N5O.2C4H6N4O.C4H10.C3H2N4.C2H4O2.2C2H6.H2O/c1-3-7(14)12-2-9-4(5(8)13)6(12)11-10-3;1-11-6(14)12-2-8-3(4(7)13)5(12)9-10-11;1-12(2)11-10-6-4(5(7)13)8-3-9-6;1-2-10-11-6-4(5(7)12)8-3-9-6;2*5-3-2(4(6)9)7-1-8-3;1-4(2)3;4-7-3-1-5-2-6-3;1-2(3)4;2*1-2;/h2-3H,1H3,(H2,8,13);2H,1H3,(H2,7,13);3H,1-2H3,(H2,7,13)(H,8,9);3H,2H2,1H3,(H2,7,12)(H,8,9);1H,5H2,(H2,6,9)(H,7,8);1,3H,5H2,(H2,6,9);4H,1-3H3;1-2H;1H3,(H,3,4);2*1-2H3;1H2. The van der Waals surface area contributed by atoms with Gasteiger partial charge in [-0.1, -0.05) is 58.9 Å². The number of azo groups is 2. The number of carboxylic acid groups (broad SMARTS) is 1. The Morgan fingerprint density at radius 1 is 0.769 bits per heavy atom. The number of nitrogens with one attached hydrogen (secondary N) is 3. The number of H-pyrrole nitrogens is 3. The number of carbonyl (C=O) groups excluding carboxylic acids is 7. The monoisotopic (exact) mass is 1280 g/mol. The van der Waals surface area contributed by atoms with Crippen LogP contribution in [0, 0.1) is 5.92 Å². The van der Waals surface area contributed by atoms with Crippen molar-refractivity contribution in [3.05, 3.63) is 76.1 Å².